The van der Waals surface area contributed by atoms with Crippen molar-refractivity contribution in [2.75, 3.05) is 71.5 Å². The Kier molecular flexibility index (Phi) is 16.1. The number of likely N-dealkylation sites (tertiary alicyclic amines) is 2. The normalized spacial score (nSPS) is 23.9. The van der Waals surface area contributed by atoms with E-state index in [0.29, 0.717) is 51.7 Å². The number of methoxy groups -OCH3 is 1. The van der Waals surface area contributed by atoms with Gasteiger partial charge >= 0.3 is 5.97 Å². The number of pyridine rings is 1. The molecular weight excluding hydrogens is 911 g/mol. The Bertz CT molecular complexity index is 2570. The van der Waals surface area contributed by atoms with Crippen LogP contribution in [-0.4, -0.2) is 149 Å². The lowest BCUT2D eigenvalue weighted by Crippen LogP contribution is -2.62. The van der Waals surface area contributed by atoms with E-state index in [2.05, 4.69) is 82.0 Å². The highest BCUT2D eigenvalue weighted by Gasteiger charge is 2.41. The summed E-state index contributed by atoms with van der Waals surface area (Å²) in [5, 5.41) is 5.79. The number of hydrogen-bond acceptors (Lipinski definition) is 11. The summed E-state index contributed by atoms with van der Waals surface area (Å²) in [5.74, 6) is 3.57. The summed E-state index contributed by atoms with van der Waals surface area (Å²) >= 11 is 0. The quantitative estimate of drug-likeness (QED) is 0.182. The fourth-order valence-electron chi connectivity index (χ4n) is 11.7. The fraction of sp³-hybridized carbons (Fsp3) is 0.643. The first-order valence-corrected chi connectivity index (χ1v) is 26.6. The zero-order valence-corrected chi connectivity index (χ0v) is 44.5. The number of amides is 4. The van der Waals surface area contributed by atoms with Crippen molar-refractivity contribution in [1.82, 2.24) is 40.0 Å². The third-order valence-electron chi connectivity index (χ3n) is 16.0. The first-order chi connectivity index (χ1) is 34.3. The van der Waals surface area contributed by atoms with Crippen molar-refractivity contribution >= 4 is 46.2 Å². The number of cyclic esters (lactones) is 1. The van der Waals surface area contributed by atoms with Crippen LogP contribution in [0.1, 0.15) is 118 Å². The molecule has 6 atom stereocenters. The van der Waals surface area contributed by atoms with E-state index in [1.54, 1.807) is 19.1 Å². The summed E-state index contributed by atoms with van der Waals surface area (Å²) in [5.41, 5.74) is 8.62. The maximum atomic E-state index is 14.9. The van der Waals surface area contributed by atoms with Crippen LogP contribution >= 0.6 is 0 Å². The first kappa shape index (κ1) is 52.8. The second kappa shape index (κ2) is 21.9. The van der Waals surface area contributed by atoms with Crippen LogP contribution < -0.4 is 15.6 Å². The molecule has 1 aromatic carbocycles. The Labute approximate surface area is 426 Å². The topological polar surface area (TPSA) is 162 Å². The van der Waals surface area contributed by atoms with Crippen LogP contribution in [0.3, 0.4) is 0 Å². The van der Waals surface area contributed by atoms with E-state index < -0.39 is 46.9 Å². The van der Waals surface area contributed by atoms with Crippen molar-refractivity contribution in [1.29, 1.82) is 0 Å². The first-order valence-electron chi connectivity index (χ1n) is 26.6. The minimum Gasteiger partial charge on any atom is -0.464 e. The molecule has 0 aliphatic carbocycles. The Morgan fingerprint density at radius 3 is 2.49 bits per heavy atom. The third-order valence-corrected chi connectivity index (χ3v) is 16.0. The number of anilines is 1. The maximum Gasteiger partial charge on any atom is 0.324 e. The van der Waals surface area contributed by atoms with Crippen LogP contribution in [0.2, 0.25) is 0 Å². The lowest BCUT2D eigenvalue weighted by atomic mass is 9.84. The highest BCUT2D eigenvalue weighted by Crippen LogP contribution is 2.42. The van der Waals surface area contributed by atoms with Crippen molar-refractivity contribution in [3.8, 4) is 23.1 Å². The highest BCUT2D eigenvalue weighted by atomic mass is 16.5. The predicted molar refractivity (Wildman–Crippen MR) is 278 cm³/mol. The maximum absolute atomic E-state index is 14.9. The molecule has 0 saturated carbocycles. The molecule has 0 radical (unpaired) electrons. The Morgan fingerprint density at radius 1 is 1.01 bits per heavy atom. The number of esters is 1. The molecule has 5 aliphatic rings. The summed E-state index contributed by atoms with van der Waals surface area (Å²) in [7, 11) is 3.35. The zero-order chi connectivity index (χ0) is 51.6. The molecule has 3 aromatic rings. The molecule has 1 unspecified atom stereocenters. The zero-order valence-electron chi connectivity index (χ0n) is 44.5. The molecule has 72 heavy (non-hydrogen) atoms. The number of ether oxygens (including phenoxy) is 2. The highest BCUT2D eigenvalue weighted by molar-refractivity contribution is 5.96. The molecule has 7 heterocycles. The van der Waals surface area contributed by atoms with Gasteiger partial charge in [0.05, 0.1) is 35.6 Å². The molecule has 4 amide bonds. The van der Waals surface area contributed by atoms with Gasteiger partial charge in [-0.05, 0) is 133 Å². The van der Waals surface area contributed by atoms with Crippen LogP contribution in [0.4, 0.5) is 5.69 Å². The summed E-state index contributed by atoms with van der Waals surface area (Å²) in [6.07, 6.45) is 6.98. The predicted octanol–water partition coefficient (Wildman–Crippen LogP) is 5.96. The summed E-state index contributed by atoms with van der Waals surface area (Å²) in [6, 6.07) is 8.24. The number of nitrogens with one attached hydrogen (secondary N) is 2. The van der Waals surface area contributed by atoms with E-state index >= 15 is 0 Å². The van der Waals surface area contributed by atoms with Gasteiger partial charge in [0.15, 0.2) is 0 Å². The molecule has 5 aliphatic heterocycles. The molecular formula is C56H79N9O7. The van der Waals surface area contributed by atoms with Crippen molar-refractivity contribution in [2.24, 2.45) is 23.2 Å². The van der Waals surface area contributed by atoms with Gasteiger partial charge < -0.3 is 34.1 Å². The number of carbonyl (C=O) groups is 5. The molecule has 16 heteroatoms. The molecule has 16 nitrogen and oxygen atoms in total. The minimum atomic E-state index is -0.940. The van der Waals surface area contributed by atoms with Gasteiger partial charge in [-0.25, -0.2) is 5.43 Å². The number of hydrazine groups is 1. The van der Waals surface area contributed by atoms with Gasteiger partial charge in [0, 0.05) is 100 Å². The second-order valence-corrected chi connectivity index (χ2v) is 22.6. The number of carbonyl (C=O) groups excluding carboxylic acids is 5. The molecule has 8 rings (SSSR count). The number of benzene rings is 1. The van der Waals surface area contributed by atoms with Crippen molar-refractivity contribution in [2.45, 2.75) is 143 Å². The van der Waals surface area contributed by atoms with Crippen LogP contribution in [0, 0.1) is 35.0 Å². The summed E-state index contributed by atoms with van der Waals surface area (Å²) in [4.78, 5) is 83.8. The molecule has 2 N–H and O–H groups in total. The molecule has 2 aromatic heterocycles. The SMILES string of the molecule is CCn1c(-c2cccnc2[C@H](C)OC)c2c3cc(ccc31)N1CCC[C@@H](C[C@H](NC(=O)C(C(C)C)N(C)C(=O)[C@H]3CCN(C(=O)C#CC(C)(C)N4CCC4)C3)C(=O)N3CCC[C@H](N3)C(=O)OCC(C)(C)C2)C1. The number of fused-ring (bicyclic) bond motifs is 6. The van der Waals surface area contributed by atoms with Gasteiger partial charge in [-0.15, -0.1) is 0 Å². The van der Waals surface area contributed by atoms with Crippen LogP contribution in [0.5, 0.6) is 0 Å². The van der Waals surface area contributed by atoms with Gasteiger partial charge in [-0.1, -0.05) is 33.6 Å². The third kappa shape index (κ3) is 11.2. The van der Waals surface area contributed by atoms with E-state index in [4.69, 9.17) is 14.5 Å². The molecule has 390 valence electrons. The average Bonchev–Trinajstić information content (AvgIpc) is 3.96. The number of aromatic nitrogens is 2. The van der Waals surface area contributed by atoms with E-state index in [9.17, 15) is 24.0 Å². The van der Waals surface area contributed by atoms with Gasteiger partial charge in [0.25, 0.3) is 11.8 Å². The van der Waals surface area contributed by atoms with E-state index in [1.165, 1.54) is 9.91 Å². The number of hydrogen-bond donors (Lipinski definition) is 2. The Balaban J connectivity index is 1.08. The monoisotopic (exact) mass is 990 g/mol. The largest absolute Gasteiger partial charge is 0.464 e. The molecule has 0 spiro atoms. The van der Waals surface area contributed by atoms with Crippen molar-refractivity contribution in [3.05, 3.63) is 47.8 Å². The molecule has 4 fully saturated rings. The Morgan fingerprint density at radius 2 is 1.78 bits per heavy atom. The lowest BCUT2D eigenvalue weighted by molar-refractivity contribution is -0.155. The number of aryl methyl sites for hydroxylation is 1. The van der Waals surface area contributed by atoms with E-state index in [-0.39, 0.29) is 48.8 Å². The van der Waals surface area contributed by atoms with Gasteiger partial charge in [-0.3, -0.25) is 38.9 Å². The van der Waals surface area contributed by atoms with Crippen LogP contribution in [0.15, 0.2) is 36.5 Å². The average molecular weight is 990 g/mol. The molecule has 6 bridgehead atoms. The smallest absolute Gasteiger partial charge is 0.324 e. The summed E-state index contributed by atoms with van der Waals surface area (Å²) < 4.78 is 14.4. The van der Waals surface area contributed by atoms with E-state index in [1.807, 2.05) is 46.9 Å². The van der Waals surface area contributed by atoms with Crippen molar-refractivity contribution < 1.29 is 33.4 Å². The summed E-state index contributed by atoms with van der Waals surface area (Å²) in [6.45, 7) is 21.6. The number of likely N-dealkylation sites (N-methyl/N-ethyl adjacent to an activating group) is 1. The van der Waals surface area contributed by atoms with Gasteiger partial charge in [-0.2, -0.15) is 0 Å². The lowest BCUT2D eigenvalue weighted by Gasteiger charge is -2.41. The number of nitrogens with zero attached hydrogens (tertiary/aromatic N) is 7. The Hall–Kier alpha value is -5.50. The van der Waals surface area contributed by atoms with Crippen LogP contribution in [-0.2, 0) is 46.4 Å². The van der Waals surface area contributed by atoms with E-state index in [0.717, 1.165) is 84.5 Å². The second-order valence-electron chi connectivity index (χ2n) is 22.6. The number of piperidine rings is 1. The minimum absolute atomic E-state index is 0.0364. The fourth-order valence-corrected chi connectivity index (χ4v) is 11.7. The number of rotatable bonds is 10. The standard InChI is InChI=1S/C56H79N9O7/c1-11-64-46-20-19-40-31-42(46)43(50(64)41-17-12-24-57-48(41)37(4)71-10)32-55(5,6)35-72-54(70)44-18-14-28-65(59-44)53(69)45(30-38-16-13-25-61(40)33-38)58-51(67)49(36(2)3)60(9)52(68)39-22-29-62(34-39)47(66)21-23-56(7,8)63-26-15-27-63/h12,17,19-20,24,31,36-39,44-45,49,59H,11,13-16,18,22,25-30,32-35H2,1-10H3,(H,58,67)/t37-,38-,39-,44-,45-,49?/m0/s1. The van der Waals surface area contributed by atoms with Crippen LogP contribution in [0.25, 0.3) is 22.2 Å². The van der Waals surface area contributed by atoms with Gasteiger partial charge in [0.2, 0.25) is 11.8 Å². The van der Waals surface area contributed by atoms with Crippen molar-refractivity contribution in [3.63, 3.8) is 0 Å². The molecule has 4 saturated heterocycles. The van der Waals surface area contributed by atoms with Gasteiger partial charge in [0.1, 0.15) is 18.1 Å².